The summed E-state index contributed by atoms with van der Waals surface area (Å²) in [4.78, 5) is 13.9. The lowest BCUT2D eigenvalue weighted by Gasteiger charge is -2.23. The first-order valence-electron chi connectivity index (χ1n) is 6.01. The van der Waals surface area contributed by atoms with Gasteiger partial charge in [0, 0.05) is 0 Å². The van der Waals surface area contributed by atoms with E-state index in [2.05, 4.69) is 12.2 Å². The number of nitrogens with zero attached hydrogens (tertiary/aromatic N) is 1. The van der Waals surface area contributed by atoms with Gasteiger partial charge in [-0.05, 0) is 45.1 Å². The van der Waals surface area contributed by atoms with Crippen molar-refractivity contribution in [1.29, 1.82) is 0 Å². The van der Waals surface area contributed by atoms with Crippen molar-refractivity contribution in [3.63, 3.8) is 0 Å². The maximum atomic E-state index is 12.9. The summed E-state index contributed by atoms with van der Waals surface area (Å²) in [5, 5.41) is 2.70. The Balaban J connectivity index is 2.69. The van der Waals surface area contributed by atoms with E-state index in [1.807, 2.05) is 18.9 Å². The number of nitrogen functional groups attached to an aromatic ring is 1. The molecule has 5 heteroatoms. The molecule has 0 fully saturated rings. The molecule has 0 aliphatic heterocycles. The van der Waals surface area contributed by atoms with Crippen molar-refractivity contribution in [3.05, 3.63) is 24.0 Å². The van der Waals surface area contributed by atoms with Gasteiger partial charge in [0.2, 0.25) is 5.91 Å². The second-order valence-corrected chi connectivity index (χ2v) is 4.38. The van der Waals surface area contributed by atoms with E-state index >= 15 is 0 Å². The second-order valence-electron chi connectivity index (χ2n) is 4.38. The van der Waals surface area contributed by atoms with Crippen molar-refractivity contribution in [2.45, 2.75) is 26.3 Å². The van der Waals surface area contributed by atoms with Crippen LogP contribution in [0.15, 0.2) is 18.2 Å². The Hall–Kier alpha value is -1.62. The Morgan fingerprint density at radius 3 is 2.78 bits per heavy atom. The molecule has 1 amide bonds. The third-order valence-electron chi connectivity index (χ3n) is 2.89. The molecule has 0 aliphatic rings. The van der Waals surface area contributed by atoms with Crippen LogP contribution in [0.25, 0.3) is 0 Å². The van der Waals surface area contributed by atoms with Crippen LogP contribution in [0.5, 0.6) is 0 Å². The van der Waals surface area contributed by atoms with Crippen LogP contribution in [-0.2, 0) is 4.79 Å². The highest BCUT2D eigenvalue weighted by molar-refractivity contribution is 5.97. The average Bonchev–Trinajstić information content (AvgIpc) is 2.32. The van der Waals surface area contributed by atoms with Crippen LogP contribution in [0.3, 0.4) is 0 Å². The van der Waals surface area contributed by atoms with Crippen LogP contribution < -0.4 is 11.1 Å². The zero-order valence-corrected chi connectivity index (χ0v) is 11.0. The van der Waals surface area contributed by atoms with Crippen molar-refractivity contribution < 1.29 is 9.18 Å². The fourth-order valence-electron chi connectivity index (χ4n) is 1.63. The number of nitrogens with one attached hydrogen (secondary N) is 1. The van der Waals surface area contributed by atoms with Crippen LogP contribution in [0.1, 0.15) is 20.3 Å². The lowest BCUT2D eigenvalue weighted by molar-refractivity contribution is -0.120. The molecule has 18 heavy (non-hydrogen) atoms. The molecule has 0 heterocycles. The van der Waals surface area contributed by atoms with Gasteiger partial charge in [-0.15, -0.1) is 0 Å². The predicted molar refractivity (Wildman–Crippen MR) is 71.8 cm³/mol. The topological polar surface area (TPSA) is 58.4 Å². The summed E-state index contributed by atoms with van der Waals surface area (Å²) in [6.07, 6.45) is 0.979. The number of halogens is 1. The van der Waals surface area contributed by atoms with Gasteiger partial charge in [0.05, 0.1) is 17.4 Å². The van der Waals surface area contributed by atoms with Crippen LogP contribution in [0, 0.1) is 5.82 Å². The minimum atomic E-state index is -0.415. The minimum absolute atomic E-state index is 0.149. The Bertz CT molecular complexity index is 423. The molecule has 0 aliphatic carbocycles. The molecule has 1 aromatic rings. The summed E-state index contributed by atoms with van der Waals surface area (Å²) in [5.41, 5.74) is 6.31. The van der Waals surface area contributed by atoms with E-state index in [-0.39, 0.29) is 17.6 Å². The Kier molecular flexibility index (Phi) is 5.09. The van der Waals surface area contributed by atoms with Crippen LogP contribution in [0.2, 0.25) is 0 Å². The van der Waals surface area contributed by atoms with Gasteiger partial charge in [-0.25, -0.2) is 4.39 Å². The molecule has 0 saturated carbocycles. The normalized spacial score (nSPS) is 12.5. The monoisotopic (exact) mass is 253 g/mol. The molecule has 0 radical (unpaired) electrons. The van der Waals surface area contributed by atoms with Gasteiger partial charge < -0.3 is 11.1 Å². The van der Waals surface area contributed by atoms with E-state index in [0.29, 0.717) is 5.69 Å². The zero-order valence-electron chi connectivity index (χ0n) is 11.0. The van der Waals surface area contributed by atoms with Crippen molar-refractivity contribution in [1.82, 2.24) is 4.90 Å². The highest BCUT2D eigenvalue weighted by Crippen LogP contribution is 2.19. The van der Waals surface area contributed by atoms with Crippen LogP contribution in [0.4, 0.5) is 15.8 Å². The summed E-state index contributed by atoms with van der Waals surface area (Å²) in [6.45, 7) is 4.72. The molecule has 0 saturated heterocycles. The summed E-state index contributed by atoms with van der Waals surface area (Å²) < 4.78 is 12.9. The predicted octanol–water partition coefficient (Wildman–Crippen LogP) is 2.08. The van der Waals surface area contributed by atoms with Gasteiger partial charge in [0.1, 0.15) is 5.82 Å². The first kappa shape index (κ1) is 14.4. The number of hydrogen-bond acceptors (Lipinski definition) is 3. The number of rotatable bonds is 5. The Morgan fingerprint density at radius 1 is 1.56 bits per heavy atom. The highest BCUT2D eigenvalue weighted by Gasteiger charge is 2.18. The first-order chi connectivity index (χ1) is 8.45. The molecule has 3 N–H and O–H groups in total. The molecule has 4 nitrogen and oxygen atoms in total. The van der Waals surface area contributed by atoms with E-state index in [1.165, 1.54) is 18.2 Å². The number of carbonyl (C=O) groups excluding carboxylic acids is 1. The van der Waals surface area contributed by atoms with Gasteiger partial charge in [-0.3, -0.25) is 9.69 Å². The van der Waals surface area contributed by atoms with E-state index in [9.17, 15) is 9.18 Å². The SMILES string of the molecule is CCCN(C)C(C)C(=O)Nc1ccc(F)cc1N. The molecular weight excluding hydrogens is 233 g/mol. The molecule has 0 bridgehead atoms. The lowest BCUT2D eigenvalue weighted by Crippen LogP contribution is -2.40. The van der Waals surface area contributed by atoms with Gasteiger partial charge in [-0.2, -0.15) is 0 Å². The fourth-order valence-corrected chi connectivity index (χ4v) is 1.63. The summed E-state index contributed by atoms with van der Waals surface area (Å²) in [5.74, 6) is -0.564. The fraction of sp³-hybridized carbons (Fsp3) is 0.462. The van der Waals surface area contributed by atoms with E-state index in [4.69, 9.17) is 5.73 Å². The molecule has 0 aromatic heterocycles. The number of nitrogens with two attached hydrogens (primary N) is 1. The van der Waals surface area contributed by atoms with Crippen molar-refractivity contribution in [2.24, 2.45) is 0 Å². The first-order valence-corrected chi connectivity index (χ1v) is 6.01. The van der Waals surface area contributed by atoms with Crippen LogP contribution >= 0.6 is 0 Å². The highest BCUT2D eigenvalue weighted by atomic mass is 19.1. The molecule has 0 spiro atoms. The minimum Gasteiger partial charge on any atom is -0.397 e. The number of benzene rings is 1. The number of amides is 1. The van der Waals surface area contributed by atoms with Crippen molar-refractivity contribution >= 4 is 17.3 Å². The summed E-state index contributed by atoms with van der Waals surface area (Å²) in [7, 11) is 1.89. The standard InChI is InChI=1S/C13H20FN3O/c1-4-7-17(3)9(2)13(18)16-12-6-5-10(14)8-11(12)15/h5-6,8-9H,4,7,15H2,1-3H3,(H,16,18). The third-order valence-corrected chi connectivity index (χ3v) is 2.89. The maximum Gasteiger partial charge on any atom is 0.241 e. The zero-order chi connectivity index (χ0) is 13.7. The van der Waals surface area contributed by atoms with E-state index < -0.39 is 5.82 Å². The quantitative estimate of drug-likeness (QED) is 0.790. The number of hydrogen-bond donors (Lipinski definition) is 2. The van der Waals surface area contributed by atoms with E-state index in [0.717, 1.165) is 13.0 Å². The van der Waals surface area contributed by atoms with Crippen molar-refractivity contribution in [2.75, 3.05) is 24.6 Å². The lowest BCUT2D eigenvalue weighted by atomic mass is 10.2. The largest absolute Gasteiger partial charge is 0.397 e. The number of likely N-dealkylation sites (N-methyl/N-ethyl adjacent to an activating group) is 1. The van der Waals surface area contributed by atoms with Crippen LogP contribution in [-0.4, -0.2) is 30.4 Å². The molecule has 1 rings (SSSR count). The molecule has 1 unspecified atom stereocenters. The average molecular weight is 253 g/mol. The maximum absolute atomic E-state index is 12.9. The van der Waals surface area contributed by atoms with Gasteiger partial charge in [0.25, 0.3) is 0 Å². The number of carbonyl (C=O) groups is 1. The van der Waals surface area contributed by atoms with Crippen molar-refractivity contribution in [3.8, 4) is 0 Å². The van der Waals surface area contributed by atoms with Gasteiger partial charge >= 0.3 is 0 Å². The Morgan fingerprint density at radius 2 is 2.22 bits per heavy atom. The van der Waals surface area contributed by atoms with Gasteiger partial charge in [0.15, 0.2) is 0 Å². The molecule has 100 valence electrons. The smallest absolute Gasteiger partial charge is 0.241 e. The summed E-state index contributed by atoms with van der Waals surface area (Å²) >= 11 is 0. The molecule has 1 atom stereocenters. The third kappa shape index (κ3) is 3.70. The summed E-state index contributed by atoms with van der Waals surface area (Å²) in [6, 6.07) is 3.67. The van der Waals surface area contributed by atoms with Gasteiger partial charge in [-0.1, -0.05) is 6.92 Å². The molecular formula is C13H20FN3O. The molecule has 1 aromatic carbocycles. The van der Waals surface area contributed by atoms with E-state index in [1.54, 1.807) is 0 Å². The Labute approximate surface area is 107 Å². The second kappa shape index (κ2) is 6.35. The number of anilines is 2.